The van der Waals surface area contributed by atoms with Crippen LogP contribution in [0.3, 0.4) is 0 Å². The van der Waals surface area contributed by atoms with Crippen LogP contribution in [0.15, 0.2) is 42.1 Å². The zero-order valence-corrected chi connectivity index (χ0v) is 11.5. The molecular weight excluding hydrogens is 196 g/mol. The first kappa shape index (κ1) is 12.2. The molecule has 0 saturated carbocycles. The minimum absolute atomic E-state index is 0.291. The van der Waals surface area contributed by atoms with Crippen molar-refractivity contribution in [2.24, 2.45) is 5.41 Å². The Morgan fingerprint density at radius 3 is 2.00 bits per heavy atom. The van der Waals surface area contributed by atoms with Gasteiger partial charge in [-0.05, 0) is 5.41 Å². The number of hydrogen-bond acceptors (Lipinski definition) is 0. The lowest BCUT2D eigenvalue weighted by atomic mass is 9.98. The summed E-state index contributed by atoms with van der Waals surface area (Å²) in [5.74, 6) is 0. The number of hydrogen-bond donors (Lipinski definition) is 0. The number of benzene rings is 1. The van der Waals surface area contributed by atoms with Crippen LogP contribution >= 0.6 is 0 Å². The highest BCUT2D eigenvalue weighted by atomic mass is 28.3. The van der Waals surface area contributed by atoms with Gasteiger partial charge in [-0.25, -0.2) is 0 Å². The van der Waals surface area contributed by atoms with Gasteiger partial charge in [0.05, 0.1) is 0 Å². The zero-order valence-electron chi connectivity index (χ0n) is 10.5. The maximum absolute atomic E-state index is 2.45. The van der Waals surface area contributed by atoms with Crippen molar-refractivity contribution in [2.45, 2.75) is 33.9 Å². The Morgan fingerprint density at radius 2 is 1.53 bits per heavy atom. The Balaban J connectivity index is 2.90. The van der Waals surface area contributed by atoms with E-state index >= 15 is 0 Å². The Labute approximate surface area is 95.0 Å². The molecule has 0 aliphatic rings. The van der Waals surface area contributed by atoms with E-state index in [1.54, 1.807) is 0 Å². The van der Waals surface area contributed by atoms with Crippen LogP contribution in [-0.4, -0.2) is 8.07 Å². The molecule has 0 aliphatic heterocycles. The molecule has 15 heavy (non-hydrogen) atoms. The second-order valence-corrected chi connectivity index (χ2v) is 10.1. The molecule has 0 saturated heterocycles. The minimum Gasteiger partial charge on any atom is -0.0938 e. The van der Waals surface area contributed by atoms with Gasteiger partial charge in [-0.1, -0.05) is 81.2 Å². The first-order chi connectivity index (χ1) is 6.81. The molecule has 1 rings (SSSR count). The first-order valence-electron chi connectivity index (χ1n) is 5.57. The second kappa shape index (κ2) is 4.36. The third-order valence-corrected chi connectivity index (χ3v) is 5.34. The molecule has 0 atom stereocenters. The Kier molecular flexibility index (Phi) is 3.56. The van der Waals surface area contributed by atoms with E-state index in [2.05, 4.69) is 76.0 Å². The van der Waals surface area contributed by atoms with Gasteiger partial charge in [-0.3, -0.25) is 0 Å². The highest BCUT2D eigenvalue weighted by Crippen LogP contribution is 2.17. The fraction of sp³-hybridized carbons (Fsp3) is 0.429. The average Bonchev–Trinajstić information content (AvgIpc) is 2.16. The summed E-state index contributed by atoms with van der Waals surface area (Å²) in [4.78, 5) is 0. The lowest BCUT2D eigenvalue weighted by Gasteiger charge is -2.21. The predicted octanol–water partition coefficient (Wildman–Crippen LogP) is 3.74. The van der Waals surface area contributed by atoms with E-state index in [9.17, 15) is 0 Å². The van der Waals surface area contributed by atoms with Gasteiger partial charge in [-0.15, -0.1) is 0 Å². The summed E-state index contributed by atoms with van der Waals surface area (Å²) >= 11 is 0. The van der Waals surface area contributed by atoms with Crippen LogP contribution in [0, 0.1) is 5.41 Å². The summed E-state index contributed by atoms with van der Waals surface area (Å²) in [5.41, 5.74) is 2.74. The highest BCUT2D eigenvalue weighted by molar-refractivity contribution is 6.93. The molecule has 0 aliphatic carbocycles. The molecule has 0 N–H and O–H groups in total. The predicted molar refractivity (Wildman–Crippen MR) is 72.2 cm³/mol. The minimum atomic E-state index is -1.37. The van der Waals surface area contributed by atoms with Gasteiger partial charge < -0.3 is 0 Å². The summed E-state index contributed by atoms with van der Waals surface area (Å²) in [7, 11) is -1.37. The van der Waals surface area contributed by atoms with E-state index in [1.807, 2.05) is 0 Å². The topological polar surface area (TPSA) is 0 Å². The largest absolute Gasteiger partial charge is 0.103 e. The molecule has 0 nitrogen and oxygen atoms in total. The third kappa shape index (κ3) is 4.04. The molecule has 82 valence electrons. The van der Waals surface area contributed by atoms with Gasteiger partial charge in [0.2, 0.25) is 0 Å². The van der Waals surface area contributed by atoms with Gasteiger partial charge in [0.15, 0.2) is 0 Å². The first-order valence-corrected chi connectivity index (χ1v) is 8.65. The van der Waals surface area contributed by atoms with E-state index in [4.69, 9.17) is 0 Å². The zero-order chi connectivity index (χ0) is 11.5. The molecule has 0 spiro atoms. The van der Waals surface area contributed by atoms with Gasteiger partial charge in [0, 0.05) is 0 Å². The fourth-order valence-corrected chi connectivity index (χ4v) is 3.58. The normalized spacial score (nSPS) is 13.4. The average molecular weight is 218 g/mol. The van der Waals surface area contributed by atoms with Crippen molar-refractivity contribution in [1.82, 2.24) is 0 Å². The van der Waals surface area contributed by atoms with Crippen molar-refractivity contribution in [3.05, 3.63) is 42.1 Å². The fourth-order valence-electron chi connectivity index (χ4n) is 1.42. The molecule has 0 radical (unpaired) electrons. The van der Waals surface area contributed by atoms with E-state index < -0.39 is 8.07 Å². The molecule has 0 unspecified atom stereocenters. The van der Waals surface area contributed by atoms with E-state index in [1.165, 1.54) is 5.19 Å². The van der Waals surface area contributed by atoms with E-state index in [0.29, 0.717) is 5.41 Å². The van der Waals surface area contributed by atoms with E-state index in [-0.39, 0.29) is 0 Å². The molecule has 0 fully saturated rings. The molecular formula is C14H22Si. The van der Waals surface area contributed by atoms with Crippen molar-refractivity contribution in [2.75, 3.05) is 0 Å². The van der Waals surface area contributed by atoms with Crippen LogP contribution < -0.4 is 5.19 Å². The van der Waals surface area contributed by atoms with Crippen LogP contribution in [0.4, 0.5) is 0 Å². The van der Waals surface area contributed by atoms with Crippen molar-refractivity contribution in [3.63, 3.8) is 0 Å². The molecule has 0 bridgehead atoms. The van der Waals surface area contributed by atoms with E-state index in [0.717, 1.165) is 0 Å². The summed E-state index contributed by atoms with van der Waals surface area (Å²) in [6.07, 6.45) is 2.35. The molecule has 0 amide bonds. The Morgan fingerprint density at radius 1 is 1.00 bits per heavy atom. The van der Waals surface area contributed by atoms with Crippen molar-refractivity contribution >= 4 is 13.3 Å². The highest BCUT2D eigenvalue weighted by Gasteiger charge is 2.20. The number of allylic oxidation sites excluding steroid dienone is 1. The molecule has 1 aromatic rings. The van der Waals surface area contributed by atoms with Crippen molar-refractivity contribution < 1.29 is 0 Å². The van der Waals surface area contributed by atoms with Crippen LogP contribution in [0.5, 0.6) is 0 Å². The van der Waals surface area contributed by atoms with Crippen molar-refractivity contribution in [3.8, 4) is 0 Å². The molecule has 0 aromatic heterocycles. The lowest BCUT2D eigenvalue weighted by Crippen LogP contribution is -2.39. The number of rotatable bonds is 2. The van der Waals surface area contributed by atoms with Gasteiger partial charge in [0.25, 0.3) is 0 Å². The third-order valence-electron chi connectivity index (χ3n) is 2.52. The maximum atomic E-state index is 2.45. The standard InChI is InChI=1S/C14H22Si/c1-14(2,3)11-12-15(4,5)13-9-7-6-8-10-13/h6-12H,1-5H3/b12-11-. The molecule has 1 aromatic carbocycles. The smallest absolute Gasteiger partial charge is 0.0938 e. The van der Waals surface area contributed by atoms with Crippen LogP contribution in [0.25, 0.3) is 0 Å². The quantitative estimate of drug-likeness (QED) is 0.663. The summed E-state index contributed by atoms with van der Waals surface area (Å²) < 4.78 is 0. The van der Waals surface area contributed by atoms with Gasteiger partial charge >= 0.3 is 0 Å². The summed E-state index contributed by atoms with van der Waals surface area (Å²) in [6, 6.07) is 10.9. The lowest BCUT2D eigenvalue weighted by molar-refractivity contribution is 0.545. The molecule has 0 heterocycles. The van der Waals surface area contributed by atoms with Crippen LogP contribution in [0.2, 0.25) is 13.1 Å². The maximum Gasteiger partial charge on any atom is 0.103 e. The monoisotopic (exact) mass is 218 g/mol. The van der Waals surface area contributed by atoms with Crippen LogP contribution in [-0.2, 0) is 0 Å². The second-order valence-electron chi connectivity index (χ2n) is 5.79. The van der Waals surface area contributed by atoms with Crippen LogP contribution in [0.1, 0.15) is 20.8 Å². The SMILES string of the molecule is CC(C)(C)/C=C\[Si](C)(C)c1ccccc1. The van der Waals surface area contributed by atoms with Gasteiger partial charge in [-0.2, -0.15) is 0 Å². The Hall–Kier alpha value is -0.823. The van der Waals surface area contributed by atoms with Gasteiger partial charge in [0.1, 0.15) is 8.07 Å². The molecule has 1 heteroatoms. The van der Waals surface area contributed by atoms with Crippen molar-refractivity contribution in [1.29, 1.82) is 0 Å². The summed E-state index contributed by atoms with van der Waals surface area (Å²) in [6.45, 7) is 11.5. The Bertz CT molecular complexity index is 328. The summed E-state index contributed by atoms with van der Waals surface area (Å²) in [5, 5.41) is 1.51.